The molecule has 8 nitrogen and oxygen atoms in total. The van der Waals surface area contributed by atoms with Crippen molar-refractivity contribution in [1.82, 2.24) is 4.90 Å². The molecule has 1 saturated carbocycles. The minimum atomic E-state index is -0.587. The highest BCUT2D eigenvalue weighted by Gasteiger charge is 2.60. The van der Waals surface area contributed by atoms with Gasteiger partial charge in [-0.15, -0.1) is 0 Å². The minimum absolute atomic E-state index is 0.0794. The van der Waals surface area contributed by atoms with Crippen LogP contribution in [0.25, 0.3) is 0 Å². The van der Waals surface area contributed by atoms with E-state index in [0.717, 1.165) is 30.6 Å². The topological polar surface area (TPSA) is 83.5 Å². The Kier molecular flexibility index (Phi) is 5.63. The Labute approximate surface area is 176 Å². The molecule has 1 aromatic carbocycles. The highest BCUT2D eigenvalue weighted by molar-refractivity contribution is 5.67. The molecule has 6 atom stereocenters. The van der Waals surface area contributed by atoms with E-state index in [9.17, 15) is 9.59 Å². The zero-order valence-electron chi connectivity index (χ0n) is 18.0. The van der Waals surface area contributed by atoms with Crippen LogP contribution >= 0.6 is 0 Å². The van der Waals surface area contributed by atoms with Gasteiger partial charge in [-0.1, -0.05) is 0 Å². The van der Waals surface area contributed by atoms with Crippen LogP contribution in [0.1, 0.15) is 37.3 Å². The highest BCUT2D eigenvalue weighted by atomic mass is 16.6. The number of nitrogens with zero attached hydrogens (tertiary/aromatic N) is 1. The number of ether oxygens (including phenoxy) is 5. The van der Waals surface area contributed by atoms with E-state index < -0.39 is 18.3 Å². The van der Waals surface area contributed by atoms with Crippen molar-refractivity contribution in [3.63, 3.8) is 0 Å². The number of rotatable bonds is 5. The van der Waals surface area contributed by atoms with E-state index >= 15 is 0 Å². The lowest BCUT2D eigenvalue weighted by Gasteiger charge is -2.52. The number of methoxy groups -OCH3 is 3. The fourth-order valence-electron chi connectivity index (χ4n) is 5.68. The van der Waals surface area contributed by atoms with Crippen LogP contribution in [0.15, 0.2) is 12.1 Å². The first-order valence-electron chi connectivity index (χ1n) is 10.3. The maximum Gasteiger partial charge on any atom is 0.303 e. The predicted molar refractivity (Wildman–Crippen MR) is 106 cm³/mol. The van der Waals surface area contributed by atoms with Crippen molar-refractivity contribution in [2.75, 3.05) is 27.9 Å². The predicted octanol–water partition coefficient (Wildman–Crippen LogP) is 1.88. The van der Waals surface area contributed by atoms with Crippen molar-refractivity contribution < 1.29 is 33.3 Å². The lowest BCUT2D eigenvalue weighted by molar-refractivity contribution is -0.196. The average Bonchev–Trinajstić information content (AvgIpc) is 3.12. The van der Waals surface area contributed by atoms with Gasteiger partial charge in [0.15, 0.2) is 11.5 Å². The Morgan fingerprint density at radius 2 is 1.57 bits per heavy atom. The van der Waals surface area contributed by atoms with E-state index in [1.807, 2.05) is 12.1 Å². The molecular weight excluding hydrogens is 390 g/mol. The van der Waals surface area contributed by atoms with Crippen molar-refractivity contribution in [1.29, 1.82) is 0 Å². The molecule has 0 N–H and O–H groups in total. The summed E-state index contributed by atoms with van der Waals surface area (Å²) < 4.78 is 28.4. The van der Waals surface area contributed by atoms with Crippen LogP contribution in [-0.2, 0) is 30.3 Å². The van der Waals surface area contributed by atoms with Gasteiger partial charge in [0.25, 0.3) is 0 Å². The molecule has 164 valence electrons. The molecule has 0 bridgehead atoms. The molecule has 1 aliphatic carbocycles. The standard InChI is InChI=1S/C22H29NO7/c1-11(24)29-20-14-6-7-23-10-13-8-16(26-3)17(27-4)9-15(13)18(19(14)23)21(22(20)28-5)30-12(2)25/h8-9,14,18-22H,6-7,10H2,1-5H3. The number of fused-ring (bicyclic) bond motifs is 2. The molecule has 0 spiro atoms. The normalized spacial score (nSPS) is 32.0. The van der Waals surface area contributed by atoms with Gasteiger partial charge in [-0.05, 0) is 36.2 Å². The van der Waals surface area contributed by atoms with E-state index in [1.165, 1.54) is 13.8 Å². The summed E-state index contributed by atoms with van der Waals surface area (Å²) in [6, 6.07) is 4.07. The van der Waals surface area contributed by atoms with E-state index in [2.05, 4.69) is 4.90 Å². The first-order valence-corrected chi connectivity index (χ1v) is 10.3. The van der Waals surface area contributed by atoms with Gasteiger partial charge < -0.3 is 23.7 Å². The summed E-state index contributed by atoms with van der Waals surface area (Å²) in [4.78, 5) is 26.3. The molecule has 1 aromatic rings. The smallest absolute Gasteiger partial charge is 0.303 e. The second-order valence-corrected chi connectivity index (χ2v) is 8.19. The van der Waals surface area contributed by atoms with Gasteiger partial charge in [0, 0.05) is 45.4 Å². The third-order valence-corrected chi connectivity index (χ3v) is 6.66. The van der Waals surface area contributed by atoms with Gasteiger partial charge >= 0.3 is 11.9 Å². The first-order chi connectivity index (χ1) is 14.4. The molecule has 6 unspecified atom stereocenters. The molecule has 1 saturated heterocycles. The van der Waals surface area contributed by atoms with Crippen LogP contribution in [0.3, 0.4) is 0 Å². The fourth-order valence-corrected chi connectivity index (χ4v) is 5.68. The highest BCUT2D eigenvalue weighted by Crippen LogP contribution is 2.52. The van der Waals surface area contributed by atoms with Crippen LogP contribution in [-0.4, -0.2) is 69.1 Å². The van der Waals surface area contributed by atoms with Crippen LogP contribution < -0.4 is 9.47 Å². The number of hydrogen-bond acceptors (Lipinski definition) is 8. The molecule has 3 aliphatic rings. The Morgan fingerprint density at radius 1 is 0.933 bits per heavy atom. The fraction of sp³-hybridized carbons (Fsp3) is 0.636. The summed E-state index contributed by atoms with van der Waals surface area (Å²) in [5, 5.41) is 0. The van der Waals surface area contributed by atoms with Crippen LogP contribution in [0.4, 0.5) is 0 Å². The number of carbonyl (C=O) groups excluding carboxylic acids is 2. The van der Waals surface area contributed by atoms with Crippen LogP contribution in [0.2, 0.25) is 0 Å². The number of benzene rings is 1. The zero-order chi connectivity index (χ0) is 21.6. The molecule has 4 rings (SSSR count). The summed E-state index contributed by atoms with van der Waals surface area (Å²) in [7, 11) is 4.80. The van der Waals surface area contributed by atoms with E-state index in [4.69, 9.17) is 23.7 Å². The summed E-state index contributed by atoms with van der Waals surface area (Å²) in [6.07, 6.45) is -0.725. The summed E-state index contributed by atoms with van der Waals surface area (Å²) in [6.45, 7) is 4.43. The van der Waals surface area contributed by atoms with Gasteiger partial charge in [-0.25, -0.2) is 0 Å². The van der Waals surface area contributed by atoms with E-state index in [0.29, 0.717) is 11.5 Å². The second kappa shape index (κ2) is 8.07. The van der Waals surface area contributed by atoms with Gasteiger partial charge in [0.1, 0.15) is 18.3 Å². The molecular formula is C22H29NO7. The number of esters is 2. The van der Waals surface area contributed by atoms with Crippen molar-refractivity contribution >= 4 is 11.9 Å². The second-order valence-electron chi connectivity index (χ2n) is 8.19. The molecule has 2 aliphatic heterocycles. The molecule has 2 heterocycles. The van der Waals surface area contributed by atoms with Gasteiger partial charge in [0.05, 0.1) is 14.2 Å². The Morgan fingerprint density at radius 3 is 2.17 bits per heavy atom. The third kappa shape index (κ3) is 3.32. The Balaban J connectivity index is 1.86. The lowest BCUT2D eigenvalue weighted by Crippen LogP contribution is -2.62. The largest absolute Gasteiger partial charge is 0.493 e. The SMILES string of the molecule is COc1cc2c(cc1OC)C1C(OC(C)=O)C(OC)C(OC(C)=O)C3CCN(C2)C31. The molecule has 2 fully saturated rings. The Hall–Kier alpha value is -2.32. The quantitative estimate of drug-likeness (QED) is 0.669. The first kappa shape index (κ1) is 20.9. The average molecular weight is 419 g/mol. The number of carbonyl (C=O) groups is 2. The number of hydrogen-bond donors (Lipinski definition) is 0. The van der Waals surface area contributed by atoms with Crippen molar-refractivity contribution in [2.24, 2.45) is 5.92 Å². The van der Waals surface area contributed by atoms with Crippen molar-refractivity contribution in [3.05, 3.63) is 23.3 Å². The maximum atomic E-state index is 12.0. The lowest BCUT2D eigenvalue weighted by atomic mass is 9.67. The van der Waals surface area contributed by atoms with Crippen LogP contribution in [0.5, 0.6) is 11.5 Å². The van der Waals surface area contributed by atoms with Crippen LogP contribution in [0, 0.1) is 5.92 Å². The molecule has 8 heteroatoms. The van der Waals surface area contributed by atoms with Crippen molar-refractivity contribution in [2.45, 2.75) is 57.1 Å². The Bertz CT molecular complexity index is 841. The molecule has 0 radical (unpaired) electrons. The third-order valence-electron chi connectivity index (χ3n) is 6.66. The zero-order valence-corrected chi connectivity index (χ0v) is 18.0. The van der Waals surface area contributed by atoms with Crippen molar-refractivity contribution in [3.8, 4) is 11.5 Å². The summed E-state index contributed by atoms with van der Waals surface area (Å²) in [5.74, 6) is 0.532. The van der Waals surface area contributed by atoms with E-state index in [1.54, 1.807) is 21.3 Å². The molecule has 30 heavy (non-hydrogen) atoms. The van der Waals surface area contributed by atoms with Gasteiger partial charge in [-0.3, -0.25) is 14.5 Å². The van der Waals surface area contributed by atoms with Gasteiger partial charge in [0.2, 0.25) is 0 Å². The van der Waals surface area contributed by atoms with E-state index in [-0.39, 0.29) is 29.8 Å². The summed E-state index contributed by atoms with van der Waals surface area (Å²) >= 11 is 0. The van der Waals surface area contributed by atoms with Gasteiger partial charge in [-0.2, -0.15) is 0 Å². The minimum Gasteiger partial charge on any atom is -0.493 e. The maximum absolute atomic E-state index is 12.0. The summed E-state index contributed by atoms with van der Waals surface area (Å²) in [5.41, 5.74) is 2.18. The molecule has 0 aromatic heterocycles. The molecule has 0 amide bonds. The monoisotopic (exact) mass is 419 g/mol.